The van der Waals surface area contributed by atoms with Crippen molar-refractivity contribution in [2.45, 2.75) is 19.9 Å². The van der Waals surface area contributed by atoms with Gasteiger partial charge in [0.1, 0.15) is 5.75 Å². The van der Waals surface area contributed by atoms with Gasteiger partial charge in [-0.3, -0.25) is 0 Å². The van der Waals surface area contributed by atoms with Gasteiger partial charge in [-0.25, -0.2) is 0 Å². The molecule has 0 bridgehead atoms. The van der Waals surface area contributed by atoms with Crippen molar-refractivity contribution in [2.75, 3.05) is 7.11 Å². The number of rotatable bonds is 3. The van der Waals surface area contributed by atoms with Crippen LogP contribution in [0.3, 0.4) is 0 Å². The molecule has 100 valence electrons. The highest BCUT2D eigenvalue weighted by atomic mass is 35.5. The molecular weight excluding hydrogens is 258 g/mol. The van der Waals surface area contributed by atoms with Crippen LogP contribution in [0.1, 0.15) is 28.3 Å². The van der Waals surface area contributed by atoms with E-state index in [1.807, 2.05) is 24.3 Å². The molecule has 0 amide bonds. The maximum Gasteiger partial charge on any atom is 0.137 e. The highest BCUT2D eigenvalue weighted by Crippen LogP contribution is 2.31. The lowest BCUT2D eigenvalue weighted by atomic mass is 9.92. The molecular formula is C16H18ClNO. The van der Waals surface area contributed by atoms with Gasteiger partial charge in [0.25, 0.3) is 0 Å². The van der Waals surface area contributed by atoms with E-state index in [1.54, 1.807) is 7.11 Å². The number of nitrogens with two attached hydrogens (primary N) is 1. The van der Waals surface area contributed by atoms with Crippen molar-refractivity contribution in [3.63, 3.8) is 0 Å². The molecule has 1 unspecified atom stereocenters. The first kappa shape index (κ1) is 13.9. The van der Waals surface area contributed by atoms with Crippen LogP contribution in [-0.2, 0) is 0 Å². The van der Waals surface area contributed by atoms with Crippen LogP contribution in [0.5, 0.6) is 5.75 Å². The van der Waals surface area contributed by atoms with E-state index in [1.165, 1.54) is 11.1 Å². The van der Waals surface area contributed by atoms with Gasteiger partial charge in [0, 0.05) is 0 Å². The minimum absolute atomic E-state index is 0.176. The van der Waals surface area contributed by atoms with Crippen LogP contribution in [0.25, 0.3) is 0 Å². The number of ether oxygens (including phenoxy) is 1. The Balaban J connectivity index is 2.44. The second-order valence-electron chi connectivity index (χ2n) is 4.68. The third kappa shape index (κ3) is 2.75. The number of halogens is 1. The molecule has 0 radical (unpaired) electrons. The van der Waals surface area contributed by atoms with Crippen LogP contribution in [0.15, 0.2) is 36.4 Å². The third-order valence-electron chi connectivity index (χ3n) is 3.39. The zero-order chi connectivity index (χ0) is 14.0. The van der Waals surface area contributed by atoms with Gasteiger partial charge in [0.2, 0.25) is 0 Å². The van der Waals surface area contributed by atoms with E-state index in [9.17, 15) is 0 Å². The topological polar surface area (TPSA) is 35.2 Å². The molecule has 3 heteroatoms. The molecule has 1 atom stereocenters. The van der Waals surface area contributed by atoms with Crippen molar-refractivity contribution in [1.29, 1.82) is 0 Å². The Hall–Kier alpha value is -1.51. The minimum atomic E-state index is -0.176. The lowest BCUT2D eigenvalue weighted by Crippen LogP contribution is -2.14. The van der Waals surface area contributed by atoms with E-state index in [2.05, 4.69) is 26.0 Å². The summed E-state index contributed by atoms with van der Waals surface area (Å²) in [4.78, 5) is 0. The fraction of sp³-hybridized carbons (Fsp3) is 0.250. The zero-order valence-corrected chi connectivity index (χ0v) is 12.2. The first-order chi connectivity index (χ1) is 9.04. The molecule has 0 spiro atoms. The molecule has 0 saturated carbocycles. The summed E-state index contributed by atoms with van der Waals surface area (Å²) in [5.74, 6) is 0.666. The van der Waals surface area contributed by atoms with Gasteiger partial charge in [-0.1, -0.05) is 35.9 Å². The first-order valence-electron chi connectivity index (χ1n) is 6.19. The fourth-order valence-corrected chi connectivity index (χ4v) is 2.63. The van der Waals surface area contributed by atoms with Crippen LogP contribution >= 0.6 is 11.6 Å². The van der Waals surface area contributed by atoms with E-state index in [4.69, 9.17) is 22.1 Å². The highest BCUT2D eigenvalue weighted by molar-refractivity contribution is 6.32. The first-order valence-corrected chi connectivity index (χ1v) is 6.57. The Labute approximate surface area is 119 Å². The van der Waals surface area contributed by atoms with Crippen molar-refractivity contribution < 1.29 is 4.74 Å². The molecule has 0 aliphatic heterocycles. The Morgan fingerprint density at radius 1 is 1.11 bits per heavy atom. The summed E-state index contributed by atoms with van der Waals surface area (Å²) in [5, 5.41) is 0.585. The SMILES string of the molecule is COc1ccc(C(N)c2c(C)cccc2C)cc1Cl. The normalized spacial score (nSPS) is 12.3. The predicted octanol–water partition coefficient (Wildman–Crippen LogP) is 4.01. The Bertz CT molecular complexity index is 575. The van der Waals surface area contributed by atoms with E-state index >= 15 is 0 Å². The molecule has 2 aromatic carbocycles. The van der Waals surface area contributed by atoms with Crippen LogP contribution < -0.4 is 10.5 Å². The smallest absolute Gasteiger partial charge is 0.137 e. The third-order valence-corrected chi connectivity index (χ3v) is 3.68. The highest BCUT2D eigenvalue weighted by Gasteiger charge is 2.15. The zero-order valence-electron chi connectivity index (χ0n) is 11.4. The average Bonchev–Trinajstić information content (AvgIpc) is 2.38. The van der Waals surface area contributed by atoms with Crippen LogP contribution in [0.4, 0.5) is 0 Å². The summed E-state index contributed by atoms with van der Waals surface area (Å²) in [6.07, 6.45) is 0. The largest absolute Gasteiger partial charge is 0.495 e. The molecule has 2 N–H and O–H groups in total. The molecule has 2 rings (SSSR count). The minimum Gasteiger partial charge on any atom is -0.495 e. The van der Waals surface area contributed by atoms with Gasteiger partial charge < -0.3 is 10.5 Å². The Kier molecular flexibility index (Phi) is 4.13. The van der Waals surface area contributed by atoms with E-state index in [-0.39, 0.29) is 6.04 Å². The summed E-state index contributed by atoms with van der Waals surface area (Å²) in [5.41, 5.74) is 10.9. The average molecular weight is 276 g/mol. The van der Waals surface area contributed by atoms with E-state index < -0.39 is 0 Å². The number of hydrogen-bond acceptors (Lipinski definition) is 2. The molecule has 2 aromatic rings. The van der Waals surface area contributed by atoms with Crippen LogP contribution in [0.2, 0.25) is 5.02 Å². The summed E-state index contributed by atoms with van der Waals surface area (Å²) in [7, 11) is 1.60. The lowest BCUT2D eigenvalue weighted by Gasteiger charge is -2.18. The predicted molar refractivity (Wildman–Crippen MR) is 80.0 cm³/mol. The van der Waals surface area contributed by atoms with Crippen molar-refractivity contribution in [3.05, 3.63) is 63.7 Å². The van der Waals surface area contributed by atoms with Gasteiger partial charge in [-0.05, 0) is 48.2 Å². The summed E-state index contributed by atoms with van der Waals surface area (Å²) in [6.45, 7) is 4.15. The second-order valence-corrected chi connectivity index (χ2v) is 5.08. The maximum atomic E-state index is 6.38. The molecule has 19 heavy (non-hydrogen) atoms. The Morgan fingerprint density at radius 3 is 2.26 bits per heavy atom. The molecule has 0 aliphatic rings. The molecule has 2 nitrogen and oxygen atoms in total. The lowest BCUT2D eigenvalue weighted by molar-refractivity contribution is 0.415. The van der Waals surface area contributed by atoms with Crippen LogP contribution in [-0.4, -0.2) is 7.11 Å². The quantitative estimate of drug-likeness (QED) is 0.918. The molecule has 0 heterocycles. The number of benzene rings is 2. The fourth-order valence-electron chi connectivity index (χ4n) is 2.36. The van der Waals surface area contributed by atoms with Crippen molar-refractivity contribution in [2.24, 2.45) is 5.73 Å². The standard InChI is InChI=1S/C16H18ClNO/c1-10-5-4-6-11(2)15(10)16(18)12-7-8-14(19-3)13(17)9-12/h4-9,16H,18H2,1-3H3. The summed E-state index contributed by atoms with van der Waals surface area (Å²) < 4.78 is 5.16. The van der Waals surface area contributed by atoms with E-state index in [0.29, 0.717) is 10.8 Å². The number of aryl methyl sites for hydroxylation is 2. The Morgan fingerprint density at radius 2 is 1.74 bits per heavy atom. The molecule has 0 saturated heterocycles. The van der Waals surface area contributed by atoms with Crippen LogP contribution in [0, 0.1) is 13.8 Å². The molecule has 0 aliphatic carbocycles. The number of methoxy groups -OCH3 is 1. The van der Waals surface area contributed by atoms with Crippen molar-refractivity contribution in [1.82, 2.24) is 0 Å². The van der Waals surface area contributed by atoms with Gasteiger partial charge in [0.05, 0.1) is 18.2 Å². The molecule has 0 aromatic heterocycles. The maximum absolute atomic E-state index is 6.38. The number of hydrogen-bond donors (Lipinski definition) is 1. The van der Waals surface area contributed by atoms with Gasteiger partial charge in [0.15, 0.2) is 0 Å². The van der Waals surface area contributed by atoms with Gasteiger partial charge >= 0.3 is 0 Å². The molecule has 0 fully saturated rings. The van der Waals surface area contributed by atoms with Crippen molar-refractivity contribution in [3.8, 4) is 5.75 Å². The van der Waals surface area contributed by atoms with Gasteiger partial charge in [-0.2, -0.15) is 0 Å². The van der Waals surface area contributed by atoms with Gasteiger partial charge in [-0.15, -0.1) is 0 Å². The summed E-state index contributed by atoms with van der Waals surface area (Å²) in [6, 6.07) is 11.7. The second kappa shape index (κ2) is 5.64. The van der Waals surface area contributed by atoms with Crippen molar-refractivity contribution >= 4 is 11.6 Å². The van der Waals surface area contributed by atoms with E-state index in [0.717, 1.165) is 11.1 Å². The summed E-state index contributed by atoms with van der Waals surface area (Å²) >= 11 is 6.16. The monoisotopic (exact) mass is 275 g/mol.